The van der Waals surface area contributed by atoms with Gasteiger partial charge in [-0.2, -0.15) is 10.2 Å². The van der Waals surface area contributed by atoms with Crippen molar-refractivity contribution in [2.24, 2.45) is 5.10 Å². The smallest absolute Gasteiger partial charge is 0.275 e. The zero-order chi connectivity index (χ0) is 15.8. The van der Waals surface area contributed by atoms with Gasteiger partial charge >= 0.3 is 0 Å². The summed E-state index contributed by atoms with van der Waals surface area (Å²) in [6.07, 6.45) is 5.84. The Morgan fingerprint density at radius 2 is 2.09 bits per heavy atom. The van der Waals surface area contributed by atoms with Gasteiger partial charge in [0.1, 0.15) is 4.47 Å². The molecule has 0 amide bonds. The van der Waals surface area contributed by atoms with E-state index in [1.807, 2.05) is 30.3 Å². The monoisotopic (exact) mass is 362 g/mol. The molecule has 0 fully saturated rings. The molecular formula is C16H19BrN4O. The fourth-order valence-electron chi connectivity index (χ4n) is 2.03. The lowest BCUT2D eigenvalue weighted by atomic mass is 10.0. The maximum Gasteiger partial charge on any atom is 0.280 e. The number of rotatable bonds is 7. The van der Waals surface area contributed by atoms with Gasteiger partial charge in [-0.3, -0.25) is 10.2 Å². The van der Waals surface area contributed by atoms with E-state index in [0.717, 1.165) is 24.1 Å². The molecule has 0 saturated carbocycles. The van der Waals surface area contributed by atoms with E-state index in [9.17, 15) is 4.79 Å². The number of aromatic nitrogens is 2. The van der Waals surface area contributed by atoms with Crippen LogP contribution >= 0.6 is 15.9 Å². The molecule has 0 bridgehead atoms. The molecule has 116 valence electrons. The van der Waals surface area contributed by atoms with E-state index in [1.54, 1.807) is 0 Å². The van der Waals surface area contributed by atoms with Crippen LogP contribution in [0, 0.1) is 0 Å². The molecule has 0 unspecified atom stereocenters. The third-order valence-corrected chi connectivity index (χ3v) is 4.02. The van der Waals surface area contributed by atoms with Crippen LogP contribution < -0.4 is 11.0 Å². The van der Waals surface area contributed by atoms with Gasteiger partial charge in [0.2, 0.25) is 0 Å². The molecule has 0 atom stereocenters. The predicted molar refractivity (Wildman–Crippen MR) is 93.3 cm³/mol. The Morgan fingerprint density at radius 1 is 1.32 bits per heavy atom. The molecule has 1 heterocycles. The van der Waals surface area contributed by atoms with Crippen LogP contribution in [-0.2, 0) is 0 Å². The van der Waals surface area contributed by atoms with E-state index >= 15 is 0 Å². The quantitative estimate of drug-likeness (QED) is 0.445. The summed E-state index contributed by atoms with van der Waals surface area (Å²) in [6.45, 7) is 2.18. The summed E-state index contributed by atoms with van der Waals surface area (Å²) in [6, 6.07) is 10.1. The Balaban J connectivity index is 2.20. The standard InChI is InChI=1S/C16H19BrN4O/c1-2-3-5-10-13(12-8-6-4-7-9-12)19-20-14-11-18-21-16(22)15(14)17/h4,6-9,11H,2-3,5,10H2,1H3,(H2,20,21,22)/b19-13+. The fraction of sp³-hybridized carbons (Fsp3) is 0.312. The highest BCUT2D eigenvalue weighted by atomic mass is 79.9. The van der Waals surface area contributed by atoms with Gasteiger partial charge in [-0.05, 0) is 34.3 Å². The van der Waals surface area contributed by atoms with Crippen LogP contribution in [0.5, 0.6) is 0 Å². The minimum atomic E-state index is -0.285. The highest BCUT2D eigenvalue weighted by Gasteiger charge is 2.06. The molecule has 2 N–H and O–H groups in total. The Labute approximate surface area is 138 Å². The van der Waals surface area contributed by atoms with Crippen molar-refractivity contribution in [3.05, 3.63) is 56.9 Å². The molecule has 2 rings (SSSR count). The number of unbranched alkanes of at least 4 members (excludes halogenated alkanes) is 2. The number of H-pyrrole nitrogens is 1. The molecule has 0 spiro atoms. The number of nitrogens with zero attached hydrogens (tertiary/aromatic N) is 2. The van der Waals surface area contributed by atoms with Gasteiger partial charge in [0.15, 0.2) is 0 Å². The van der Waals surface area contributed by atoms with Crippen molar-refractivity contribution in [1.29, 1.82) is 0 Å². The minimum Gasteiger partial charge on any atom is -0.275 e. The summed E-state index contributed by atoms with van der Waals surface area (Å²) >= 11 is 3.23. The largest absolute Gasteiger partial charge is 0.280 e. The van der Waals surface area contributed by atoms with Gasteiger partial charge in [-0.1, -0.05) is 50.1 Å². The van der Waals surface area contributed by atoms with Crippen molar-refractivity contribution >= 4 is 27.3 Å². The topological polar surface area (TPSA) is 70.1 Å². The lowest BCUT2D eigenvalue weighted by Gasteiger charge is -2.08. The van der Waals surface area contributed by atoms with E-state index < -0.39 is 0 Å². The third kappa shape index (κ3) is 4.53. The van der Waals surface area contributed by atoms with Gasteiger partial charge in [-0.15, -0.1) is 0 Å². The Bertz CT molecular complexity index is 682. The normalized spacial score (nSPS) is 11.5. The van der Waals surface area contributed by atoms with E-state index in [2.05, 4.69) is 43.6 Å². The average Bonchev–Trinajstić information content (AvgIpc) is 2.55. The molecule has 5 nitrogen and oxygen atoms in total. The maximum atomic E-state index is 11.5. The molecule has 0 aliphatic carbocycles. The van der Waals surface area contributed by atoms with E-state index in [-0.39, 0.29) is 5.56 Å². The summed E-state index contributed by atoms with van der Waals surface area (Å²) in [5.41, 5.74) is 5.26. The second-order valence-electron chi connectivity index (χ2n) is 4.92. The van der Waals surface area contributed by atoms with Crippen LogP contribution in [-0.4, -0.2) is 15.9 Å². The van der Waals surface area contributed by atoms with Crippen LogP contribution in [0.15, 0.2) is 50.9 Å². The number of anilines is 1. The first kappa shape index (κ1) is 16.4. The molecular weight excluding hydrogens is 344 g/mol. The fourth-order valence-corrected chi connectivity index (χ4v) is 2.31. The number of nitrogens with one attached hydrogen (secondary N) is 2. The van der Waals surface area contributed by atoms with Crippen molar-refractivity contribution in [3.8, 4) is 0 Å². The Morgan fingerprint density at radius 3 is 2.82 bits per heavy atom. The van der Waals surface area contributed by atoms with Crippen LogP contribution in [0.25, 0.3) is 0 Å². The van der Waals surface area contributed by atoms with Crippen LogP contribution in [0.2, 0.25) is 0 Å². The van der Waals surface area contributed by atoms with E-state index in [1.165, 1.54) is 19.0 Å². The summed E-state index contributed by atoms with van der Waals surface area (Å²) in [4.78, 5) is 11.5. The first-order valence-electron chi connectivity index (χ1n) is 7.33. The van der Waals surface area contributed by atoms with Crippen LogP contribution in [0.1, 0.15) is 38.2 Å². The summed E-state index contributed by atoms with van der Waals surface area (Å²) in [5.74, 6) is 0. The lowest BCUT2D eigenvalue weighted by Crippen LogP contribution is -2.11. The third-order valence-electron chi connectivity index (χ3n) is 3.23. The lowest BCUT2D eigenvalue weighted by molar-refractivity contribution is 0.741. The van der Waals surface area contributed by atoms with Crippen molar-refractivity contribution in [1.82, 2.24) is 10.2 Å². The highest BCUT2D eigenvalue weighted by molar-refractivity contribution is 9.10. The molecule has 0 aliphatic rings. The number of halogens is 1. The number of benzene rings is 1. The van der Waals surface area contributed by atoms with E-state index in [0.29, 0.717) is 10.2 Å². The molecule has 1 aromatic heterocycles. The molecule has 0 aliphatic heterocycles. The molecule has 1 aromatic carbocycles. The number of aromatic amines is 1. The average molecular weight is 363 g/mol. The zero-order valence-corrected chi connectivity index (χ0v) is 14.1. The minimum absolute atomic E-state index is 0.285. The summed E-state index contributed by atoms with van der Waals surface area (Å²) < 4.78 is 0.396. The zero-order valence-electron chi connectivity index (χ0n) is 12.5. The molecule has 6 heteroatoms. The van der Waals surface area contributed by atoms with Crippen molar-refractivity contribution in [2.75, 3.05) is 5.43 Å². The number of hydrogen-bond donors (Lipinski definition) is 2. The molecule has 22 heavy (non-hydrogen) atoms. The second-order valence-corrected chi connectivity index (χ2v) is 5.71. The van der Waals surface area contributed by atoms with Crippen LogP contribution in [0.3, 0.4) is 0 Å². The van der Waals surface area contributed by atoms with Crippen molar-refractivity contribution in [2.45, 2.75) is 32.6 Å². The maximum absolute atomic E-state index is 11.5. The van der Waals surface area contributed by atoms with Gasteiger partial charge < -0.3 is 0 Å². The second kappa shape index (κ2) is 8.48. The summed E-state index contributed by atoms with van der Waals surface area (Å²) in [5, 5.41) is 10.6. The Hall–Kier alpha value is -1.95. The first-order valence-corrected chi connectivity index (χ1v) is 8.13. The SMILES string of the molecule is CCCCC/C(=N\Nc1cn[nH]c(=O)c1Br)c1ccccc1. The van der Waals surface area contributed by atoms with Crippen LogP contribution in [0.4, 0.5) is 5.69 Å². The van der Waals surface area contributed by atoms with Gasteiger partial charge in [0.25, 0.3) is 5.56 Å². The van der Waals surface area contributed by atoms with Gasteiger partial charge in [0.05, 0.1) is 17.6 Å². The van der Waals surface area contributed by atoms with Crippen molar-refractivity contribution < 1.29 is 0 Å². The molecule has 0 saturated heterocycles. The summed E-state index contributed by atoms with van der Waals surface area (Å²) in [7, 11) is 0. The van der Waals surface area contributed by atoms with Gasteiger partial charge in [0, 0.05) is 0 Å². The highest BCUT2D eigenvalue weighted by Crippen LogP contribution is 2.16. The number of hydrazone groups is 1. The predicted octanol–water partition coefficient (Wildman–Crippen LogP) is 3.93. The Kier molecular flexibility index (Phi) is 6.33. The number of hydrogen-bond acceptors (Lipinski definition) is 4. The van der Waals surface area contributed by atoms with Crippen molar-refractivity contribution in [3.63, 3.8) is 0 Å². The van der Waals surface area contributed by atoms with Gasteiger partial charge in [-0.25, -0.2) is 5.10 Å². The molecule has 0 radical (unpaired) electrons. The van der Waals surface area contributed by atoms with E-state index in [4.69, 9.17) is 0 Å². The molecule has 2 aromatic rings. The first-order chi connectivity index (χ1) is 10.7.